The standard InChI is InChI=1S/C18H17N.C17H14FN/c1-14-8-5-6-11-16(14)18(17-12-7-13-19-17)15-9-3-2-4-10-15;18-15-9-4-8-14(12-15)17(16-10-5-11-19-16)13-6-2-1-3-7-13/h2-6,8-13,18H,7H2,1H3;1-4,6-12,17H,5H2. The lowest BCUT2D eigenvalue weighted by atomic mass is 9.86. The fraction of sp³-hybridized carbons (Fsp3) is 0.143. The van der Waals surface area contributed by atoms with Crippen LogP contribution in [0.4, 0.5) is 4.39 Å². The molecule has 0 N–H and O–H groups in total. The van der Waals surface area contributed by atoms with Crippen LogP contribution in [-0.4, -0.2) is 12.4 Å². The number of nitrogens with zero attached hydrogens (tertiary/aromatic N) is 2. The summed E-state index contributed by atoms with van der Waals surface area (Å²) in [5, 5.41) is 0. The number of hydrogen-bond acceptors (Lipinski definition) is 2. The number of aryl methyl sites for hydroxylation is 1. The Labute approximate surface area is 224 Å². The summed E-state index contributed by atoms with van der Waals surface area (Å²) in [5.41, 5.74) is 8.22. The van der Waals surface area contributed by atoms with Gasteiger partial charge in [-0.05, 0) is 46.9 Å². The third-order valence-electron chi connectivity index (χ3n) is 6.88. The van der Waals surface area contributed by atoms with E-state index in [1.165, 1.54) is 28.5 Å². The quantitative estimate of drug-likeness (QED) is 0.254. The highest BCUT2D eigenvalue weighted by Crippen LogP contribution is 2.36. The van der Waals surface area contributed by atoms with E-state index in [0.29, 0.717) is 0 Å². The molecule has 0 spiro atoms. The molecule has 0 fully saturated rings. The molecule has 0 saturated heterocycles. The summed E-state index contributed by atoms with van der Waals surface area (Å²) in [4.78, 5) is 9.00. The second-order valence-electron chi connectivity index (χ2n) is 9.45. The Morgan fingerprint density at radius 1 is 0.579 bits per heavy atom. The molecular weight excluding hydrogens is 467 g/mol. The molecule has 2 atom stereocenters. The molecule has 0 amide bonds. The van der Waals surface area contributed by atoms with Gasteiger partial charge in [-0.25, -0.2) is 4.39 Å². The van der Waals surface area contributed by atoms with Gasteiger partial charge in [-0.1, -0.05) is 109 Å². The number of hydrogen-bond donors (Lipinski definition) is 0. The summed E-state index contributed by atoms with van der Waals surface area (Å²) in [6, 6.07) is 36.1. The number of benzene rings is 4. The monoisotopic (exact) mass is 498 g/mol. The third-order valence-corrected chi connectivity index (χ3v) is 6.88. The van der Waals surface area contributed by atoms with Crippen LogP contribution in [0.2, 0.25) is 0 Å². The molecule has 0 bridgehead atoms. The van der Waals surface area contributed by atoms with Gasteiger partial charge in [-0.2, -0.15) is 0 Å². The van der Waals surface area contributed by atoms with Crippen LogP contribution in [0.25, 0.3) is 0 Å². The molecule has 2 unspecified atom stereocenters. The predicted octanol–water partition coefficient (Wildman–Crippen LogP) is 8.80. The summed E-state index contributed by atoms with van der Waals surface area (Å²) >= 11 is 0. The maximum Gasteiger partial charge on any atom is 0.123 e. The zero-order valence-corrected chi connectivity index (χ0v) is 21.5. The SMILES string of the molecule is Cc1ccccc1C(C1=CCC=N1)c1ccccc1.Fc1cccc(C(C2=CCC=N2)c2ccccc2)c1. The zero-order chi connectivity index (χ0) is 26.2. The molecule has 2 aliphatic rings. The van der Waals surface area contributed by atoms with Crippen LogP contribution in [0.5, 0.6) is 0 Å². The lowest BCUT2D eigenvalue weighted by Crippen LogP contribution is -2.04. The van der Waals surface area contributed by atoms with Crippen molar-refractivity contribution in [3.63, 3.8) is 0 Å². The van der Waals surface area contributed by atoms with Gasteiger partial charge in [-0.15, -0.1) is 0 Å². The Hall–Kier alpha value is -4.37. The number of halogens is 1. The van der Waals surface area contributed by atoms with E-state index < -0.39 is 0 Å². The molecular formula is C35H31FN2. The van der Waals surface area contributed by atoms with Gasteiger partial charge in [-0.3, -0.25) is 9.98 Å². The molecule has 2 heterocycles. The minimum atomic E-state index is -0.207. The topological polar surface area (TPSA) is 24.7 Å². The van der Waals surface area contributed by atoms with Crippen molar-refractivity contribution >= 4 is 12.4 Å². The lowest BCUT2D eigenvalue weighted by molar-refractivity contribution is 0.624. The van der Waals surface area contributed by atoms with Crippen molar-refractivity contribution in [1.82, 2.24) is 0 Å². The maximum atomic E-state index is 13.5. The lowest BCUT2D eigenvalue weighted by Gasteiger charge is -2.19. The first-order chi connectivity index (χ1) is 18.7. The van der Waals surface area contributed by atoms with Crippen LogP contribution >= 0.6 is 0 Å². The van der Waals surface area contributed by atoms with Crippen LogP contribution in [0.15, 0.2) is 143 Å². The highest BCUT2D eigenvalue weighted by Gasteiger charge is 2.22. The van der Waals surface area contributed by atoms with Gasteiger partial charge in [0.1, 0.15) is 5.82 Å². The zero-order valence-electron chi connectivity index (χ0n) is 21.5. The normalized spacial score (nSPS) is 15.3. The van der Waals surface area contributed by atoms with E-state index in [1.54, 1.807) is 12.1 Å². The highest BCUT2D eigenvalue weighted by atomic mass is 19.1. The Bertz CT molecular complexity index is 1480. The van der Waals surface area contributed by atoms with Crippen LogP contribution in [0, 0.1) is 12.7 Å². The van der Waals surface area contributed by atoms with Gasteiger partial charge in [0.2, 0.25) is 0 Å². The smallest absolute Gasteiger partial charge is 0.123 e. The highest BCUT2D eigenvalue weighted by molar-refractivity contribution is 5.67. The van der Waals surface area contributed by atoms with E-state index in [1.807, 2.05) is 36.7 Å². The molecule has 2 aliphatic heterocycles. The largest absolute Gasteiger partial charge is 0.265 e. The minimum absolute atomic E-state index is 0.00986. The molecule has 4 aromatic rings. The van der Waals surface area contributed by atoms with Crippen molar-refractivity contribution in [3.8, 4) is 0 Å². The molecule has 0 radical (unpaired) electrons. The Balaban J connectivity index is 0.000000155. The summed E-state index contributed by atoms with van der Waals surface area (Å²) in [7, 11) is 0. The van der Waals surface area contributed by atoms with Crippen LogP contribution in [0.3, 0.4) is 0 Å². The fourth-order valence-electron chi connectivity index (χ4n) is 5.08. The molecule has 3 heteroatoms. The van der Waals surface area contributed by atoms with Gasteiger partial charge in [0.05, 0.1) is 11.8 Å². The maximum absolute atomic E-state index is 13.5. The van der Waals surface area contributed by atoms with E-state index in [-0.39, 0.29) is 17.7 Å². The first-order valence-electron chi connectivity index (χ1n) is 13.1. The molecule has 4 aromatic carbocycles. The van der Waals surface area contributed by atoms with Gasteiger partial charge >= 0.3 is 0 Å². The summed E-state index contributed by atoms with van der Waals surface area (Å²) in [5.74, 6) is 0.0535. The Morgan fingerprint density at radius 2 is 1.11 bits per heavy atom. The average Bonchev–Trinajstić information content (AvgIpc) is 3.68. The second-order valence-corrected chi connectivity index (χ2v) is 9.45. The second kappa shape index (κ2) is 12.2. The van der Waals surface area contributed by atoms with Gasteiger partial charge in [0, 0.05) is 36.7 Å². The Morgan fingerprint density at radius 3 is 1.66 bits per heavy atom. The van der Waals surface area contributed by atoms with Crippen LogP contribution < -0.4 is 0 Å². The fourth-order valence-corrected chi connectivity index (χ4v) is 5.08. The van der Waals surface area contributed by atoms with E-state index in [2.05, 4.69) is 95.8 Å². The molecule has 0 aliphatic carbocycles. The number of rotatable bonds is 6. The minimum Gasteiger partial charge on any atom is -0.265 e. The van der Waals surface area contributed by atoms with Crippen LogP contribution in [-0.2, 0) is 0 Å². The molecule has 188 valence electrons. The molecule has 6 rings (SSSR count). The number of allylic oxidation sites excluding steroid dienone is 4. The third kappa shape index (κ3) is 5.95. The van der Waals surface area contributed by atoms with Gasteiger partial charge < -0.3 is 0 Å². The van der Waals surface area contributed by atoms with E-state index >= 15 is 0 Å². The van der Waals surface area contributed by atoms with Crippen molar-refractivity contribution in [2.24, 2.45) is 9.98 Å². The summed E-state index contributed by atoms with van der Waals surface area (Å²) < 4.78 is 13.5. The summed E-state index contributed by atoms with van der Waals surface area (Å²) in [6.07, 6.45) is 10.0. The van der Waals surface area contributed by atoms with Crippen molar-refractivity contribution < 1.29 is 4.39 Å². The van der Waals surface area contributed by atoms with Crippen LogP contribution in [0.1, 0.15) is 52.5 Å². The molecule has 0 aromatic heterocycles. The van der Waals surface area contributed by atoms with Crippen molar-refractivity contribution in [1.29, 1.82) is 0 Å². The van der Waals surface area contributed by atoms with Crippen molar-refractivity contribution in [2.75, 3.05) is 0 Å². The average molecular weight is 499 g/mol. The van der Waals surface area contributed by atoms with E-state index in [4.69, 9.17) is 0 Å². The van der Waals surface area contributed by atoms with Gasteiger partial charge in [0.15, 0.2) is 0 Å². The predicted molar refractivity (Wildman–Crippen MR) is 157 cm³/mol. The Kier molecular flexibility index (Phi) is 8.15. The number of aliphatic imine (C=N–C) groups is 2. The van der Waals surface area contributed by atoms with E-state index in [9.17, 15) is 4.39 Å². The van der Waals surface area contributed by atoms with Crippen molar-refractivity contribution in [3.05, 3.63) is 166 Å². The van der Waals surface area contributed by atoms with E-state index in [0.717, 1.165) is 29.7 Å². The first kappa shape index (κ1) is 25.3. The molecule has 38 heavy (non-hydrogen) atoms. The molecule has 2 nitrogen and oxygen atoms in total. The van der Waals surface area contributed by atoms with Crippen molar-refractivity contribution in [2.45, 2.75) is 31.6 Å². The van der Waals surface area contributed by atoms with Gasteiger partial charge in [0.25, 0.3) is 0 Å². The summed E-state index contributed by atoms with van der Waals surface area (Å²) in [6.45, 7) is 2.17. The molecule has 0 saturated carbocycles. The first-order valence-corrected chi connectivity index (χ1v) is 13.1.